The van der Waals surface area contributed by atoms with Gasteiger partial charge in [0.25, 0.3) is 0 Å². The Morgan fingerprint density at radius 1 is 1.36 bits per heavy atom. The lowest BCUT2D eigenvalue weighted by molar-refractivity contribution is -0.105. The van der Waals surface area contributed by atoms with Crippen LogP contribution in [0.1, 0.15) is 5.69 Å². The van der Waals surface area contributed by atoms with E-state index >= 15 is 0 Å². The molecule has 0 spiro atoms. The molecule has 1 aromatic carbocycles. The number of anilines is 1. The lowest BCUT2D eigenvalue weighted by Crippen LogP contribution is -1.93. The fourth-order valence-electron chi connectivity index (χ4n) is 1.65. The zero-order chi connectivity index (χ0) is 10.1. The van der Waals surface area contributed by atoms with Gasteiger partial charge in [0.2, 0.25) is 6.41 Å². The monoisotopic (exact) mass is 188 g/mol. The van der Waals surface area contributed by atoms with Gasteiger partial charge in [0.15, 0.2) is 0 Å². The van der Waals surface area contributed by atoms with E-state index < -0.39 is 0 Å². The van der Waals surface area contributed by atoms with Gasteiger partial charge in [-0.2, -0.15) is 0 Å². The summed E-state index contributed by atoms with van der Waals surface area (Å²) in [5, 5.41) is 3.79. The molecule has 0 bridgehead atoms. The van der Waals surface area contributed by atoms with Crippen LogP contribution >= 0.6 is 0 Å². The van der Waals surface area contributed by atoms with Crippen molar-refractivity contribution in [3.63, 3.8) is 0 Å². The molecule has 0 unspecified atom stereocenters. The minimum atomic E-state index is 0.691. The number of nitrogens with zero attached hydrogens (tertiary/aromatic N) is 1. The van der Waals surface area contributed by atoms with Gasteiger partial charge in [-0.15, -0.1) is 0 Å². The average molecular weight is 188 g/mol. The highest BCUT2D eigenvalue weighted by Gasteiger charge is 2.02. The molecule has 1 amide bonds. The molecule has 1 heterocycles. The van der Waals surface area contributed by atoms with Gasteiger partial charge in [0.1, 0.15) is 0 Å². The molecule has 14 heavy (non-hydrogen) atoms. The van der Waals surface area contributed by atoms with Crippen LogP contribution in [-0.2, 0) is 11.8 Å². The number of fused-ring (bicyclic) bond motifs is 1. The number of nitrogens with one attached hydrogen (secondary N) is 1. The first kappa shape index (κ1) is 8.81. The molecule has 0 radical (unpaired) electrons. The zero-order valence-electron chi connectivity index (χ0n) is 8.24. The van der Waals surface area contributed by atoms with Crippen LogP contribution in [0.3, 0.4) is 0 Å². The van der Waals surface area contributed by atoms with E-state index in [2.05, 4.69) is 22.9 Å². The summed E-state index contributed by atoms with van der Waals surface area (Å²) in [5.74, 6) is 0. The van der Waals surface area contributed by atoms with E-state index in [-0.39, 0.29) is 0 Å². The van der Waals surface area contributed by atoms with E-state index in [1.807, 2.05) is 25.2 Å². The van der Waals surface area contributed by atoms with E-state index in [1.165, 1.54) is 11.2 Å². The van der Waals surface area contributed by atoms with Crippen molar-refractivity contribution in [1.29, 1.82) is 0 Å². The first-order valence-corrected chi connectivity index (χ1v) is 4.48. The standard InChI is InChI=1S/C11H12N2O/c1-8-5-9-6-10(12-7-14)3-4-11(9)13(8)2/h3-7H,1-2H3,(H,12,14). The Balaban J connectivity index is 2.61. The van der Waals surface area contributed by atoms with Crippen LogP contribution in [-0.4, -0.2) is 11.0 Å². The fourth-order valence-corrected chi connectivity index (χ4v) is 1.65. The molecule has 2 rings (SSSR count). The van der Waals surface area contributed by atoms with Gasteiger partial charge >= 0.3 is 0 Å². The van der Waals surface area contributed by atoms with Gasteiger partial charge in [0, 0.05) is 29.3 Å². The highest BCUT2D eigenvalue weighted by atomic mass is 16.1. The van der Waals surface area contributed by atoms with Crippen LogP contribution in [0.15, 0.2) is 24.3 Å². The van der Waals surface area contributed by atoms with Gasteiger partial charge in [-0.1, -0.05) is 0 Å². The Bertz CT molecular complexity index is 485. The number of hydrogen-bond acceptors (Lipinski definition) is 1. The third kappa shape index (κ3) is 1.27. The molecule has 1 aromatic heterocycles. The molecule has 2 aromatic rings. The molecule has 72 valence electrons. The normalized spacial score (nSPS) is 10.4. The fraction of sp³-hybridized carbons (Fsp3) is 0.182. The minimum Gasteiger partial charge on any atom is -0.348 e. The summed E-state index contributed by atoms with van der Waals surface area (Å²) in [6, 6.07) is 7.98. The molecule has 3 nitrogen and oxygen atoms in total. The molecular formula is C11H12N2O. The summed E-state index contributed by atoms with van der Waals surface area (Å²) < 4.78 is 2.13. The maximum atomic E-state index is 10.3. The summed E-state index contributed by atoms with van der Waals surface area (Å²) >= 11 is 0. The molecule has 1 N–H and O–H groups in total. The largest absolute Gasteiger partial charge is 0.348 e. The number of aromatic nitrogens is 1. The number of rotatable bonds is 2. The maximum absolute atomic E-state index is 10.3. The van der Waals surface area contributed by atoms with Crippen molar-refractivity contribution in [1.82, 2.24) is 4.57 Å². The van der Waals surface area contributed by atoms with Crippen molar-refractivity contribution in [3.8, 4) is 0 Å². The van der Waals surface area contributed by atoms with E-state index in [1.54, 1.807) is 0 Å². The summed E-state index contributed by atoms with van der Waals surface area (Å²) in [5.41, 5.74) is 3.22. The minimum absolute atomic E-state index is 0.691. The van der Waals surface area contributed by atoms with Crippen molar-refractivity contribution < 1.29 is 4.79 Å². The third-order valence-electron chi connectivity index (χ3n) is 2.51. The Labute approximate surface area is 82.3 Å². The van der Waals surface area contributed by atoms with Gasteiger partial charge < -0.3 is 9.88 Å². The zero-order valence-corrected chi connectivity index (χ0v) is 8.24. The van der Waals surface area contributed by atoms with Crippen LogP contribution in [0.25, 0.3) is 10.9 Å². The summed E-state index contributed by atoms with van der Waals surface area (Å²) in [7, 11) is 2.03. The number of amides is 1. The molecule has 3 heteroatoms. The molecule has 0 aliphatic heterocycles. The number of hydrogen-bond donors (Lipinski definition) is 1. The van der Waals surface area contributed by atoms with Crippen LogP contribution in [0, 0.1) is 6.92 Å². The molecule has 0 atom stereocenters. The van der Waals surface area contributed by atoms with Crippen molar-refractivity contribution >= 4 is 23.0 Å². The number of aryl methyl sites for hydroxylation is 2. The van der Waals surface area contributed by atoms with Gasteiger partial charge in [0.05, 0.1) is 0 Å². The van der Waals surface area contributed by atoms with Gasteiger partial charge in [-0.25, -0.2) is 0 Å². The maximum Gasteiger partial charge on any atom is 0.211 e. The lowest BCUT2D eigenvalue weighted by atomic mass is 10.2. The molecule has 0 saturated carbocycles. The Hall–Kier alpha value is -1.77. The van der Waals surface area contributed by atoms with E-state index in [4.69, 9.17) is 0 Å². The van der Waals surface area contributed by atoms with Gasteiger partial charge in [-0.05, 0) is 31.2 Å². The molecule has 0 aliphatic carbocycles. The number of carbonyl (C=O) groups excluding carboxylic acids is 1. The highest BCUT2D eigenvalue weighted by molar-refractivity contribution is 5.87. The first-order chi connectivity index (χ1) is 6.72. The van der Waals surface area contributed by atoms with Crippen LogP contribution in [0.4, 0.5) is 5.69 Å². The summed E-state index contributed by atoms with van der Waals surface area (Å²) in [6.07, 6.45) is 0.691. The average Bonchev–Trinajstić information content (AvgIpc) is 2.43. The third-order valence-corrected chi connectivity index (χ3v) is 2.51. The second kappa shape index (κ2) is 3.18. The van der Waals surface area contributed by atoms with Crippen LogP contribution in [0.5, 0.6) is 0 Å². The molecule has 0 fully saturated rings. The second-order valence-electron chi connectivity index (χ2n) is 3.38. The topological polar surface area (TPSA) is 34.0 Å². The van der Waals surface area contributed by atoms with Crippen molar-refractivity contribution in [3.05, 3.63) is 30.0 Å². The van der Waals surface area contributed by atoms with E-state index in [0.29, 0.717) is 6.41 Å². The van der Waals surface area contributed by atoms with Crippen molar-refractivity contribution in [2.24, 2.45) is 7.05 Å². The smallest absolute Gasteiger partial charge is 0.211 e. The first-order valence-electron chi connectivity index (χ1n) is 4.48. The predicted octanol–water partition coefficient (Wildman–Crippen LogP) is 2.06. The summed E-state index contributed by atoms with van der Waals surface area (Å²) in [6.45, 7) is 2.06. The van der Waals surface area contributed by atoms with E-state index in [0.717, 1.165) is 11.1 Å². The highest BCUT2D eigenvalue weighted by Crippen LogP contribution is 2.21. The predicted molar refractivity (Wildman–Crippen MR) is 57.3 cm³/mol. The van der Waals surface area contributed by atoms with Crippen LogP contribution in [0.2, 0.25) is 0 Å². The number of carbonyl (C=O) groups is 1. The van der Waals surface area contributed by atoms with Crippen molar-refractivity contribution in [2.45, 2.75) is 6.92 Å². The lowest BCUT2D eigenvalue weighted by Gasteiger charge is -2.00. The molecule has 0 saturated heterocycles. The summed E-state index contributed by atoms with van der Waals surface area (Å²) in [4.78, 5) is 10.3. The molecule has 0 aliphatic rings. The number of benzene rings is 1. The Morgan fingerprint density at radius 2 is 2.14 bits per heavy atom. The van der Waals surface area contributed by atoms with Crippen molar-refractivity contribution in [2.75, 3.05) is 5.32 Å². The van der Waals surface area contributed by atoms with Crippen LogP contribution < -0.4 is 5.32 Å². The van der Waals surface area contributed by atoms with E-state index in [9.17, 15) is 4.79 Å². The Morgan fingerprint density at radius 3 is 2.86 bits per heavy atom. The second-order valence-corrected chi connectivity index (χ2v) is 3.38. The Kier molecular flexibility index (Phi) is 2.00. The SMILES string of the molecule is Cc1cc2cc(NC=O)ccc2n1C. The quantitative estimate of drug-likeness (QED) is 0.719. The molecular weight excluding hydrogens is 176 g/mol. The van der Waals surface area contributed by atoms with Gasteiger partial charge in [-0.3, -0.25) is 4.79 Å².